The number of ketones is 1. The molecule has 1 aliphatic heterocycles. The van der Waals surface area contributed by atoms with Gasteiger partial charge in [0.1, 0.15) is 12.1 Å². The molecule has 1 atom stereocenters. The van der Waals surface area contributed by atoms with E-state index in [1.807, 2.05) is 24.3 Å². The van der Waals surface area contributed by atoms with Gasteiger partial charge in [0.15, 0.2) is 5.78 Å². The van der Waals surface area contributed by atoms with Gasteiger partial charge in [-0.1, -0.05) is 24.3 Å². The Kier molecular flexibility index (Phi) is 4.22. The molecule has 1 saturated heterocycles. The van der Waals surface area contributed by atoms with Crippen LogP contribution in [-0.2, 0) is 21.5 Å². The maximum atomic E-state index is 13.0. The van der Waals surface area contributed by atoms with Gasteiger partial charge in [0.05, 0.1) is 0 Å². The van der Waals surface area contributed by atoms with Crippen molar-refractivity contribution in [2.75, 3.05) is 11.9 Å². The van der Waals surface area contributed by atoms with Crippen molar-refractivity contribution in [1.29, 1.82) is 0 Å². The molecule has 0 saturated carbocycles. The van der Waals surface area contributed by atoms with Crippen LogP contribution in [0.25, 0.3) is 0 Å². The molecule has 4 amide bonds. The Hall–Kier alpha value is -3.48. The zero-order chi connectivity index (χ0) is 19.9. The Balaban J connectivity index is 1.48. The first-order valence-corrected chi connectivity index (χ1v) is 9.04. The van der Waals surface area contributed by atoms with Gasteiger partial charge in [-0.25, -0.2) is 4.79 Å². The topological polar surface area (TPSA) is 95.6 Å². The van der Waals surface area contributed by atoms with E-state index in [2.05, 4.69) is 10.6 Å². The number of carbonyl (C=O) groups is 4. The lowest BCUT2D eigenvalue weighted by Gasteiger charge is -2.22. The molecule has 7 heteroatoms. The van der Waals surface area contributed by atoms with E-state index in [9.17, 15) is 19.2 Å². The lowest BCUT2D eigenvalue weighted by atomic mass is 9.92. The standard InChI is InChI=1S/C21H19N3O4/c1-13(25)14-6-8-16(9-7-14)22-18(26)12-24-19(27)21(23-20(24)28)11-10-15-4-2-3-5-17(15)21/h2-9H,10-12H2,1H3,(H,22,26)(H,23,28)/t21-/m0/s1. The molecule has 1 aliphatic carbocycles. The Morgan fingerprint density at radius 2 is 1.82 bits per heavy atom. The molecule has 2 aliphatic rings. The van der Waals surface area contributed by atoms with Crippen LogP contribution in [0.4, 0.5) is 10.5 Å². The normalized spacial score (nSPS) is 20.2. The highest BCUT2D eigenvalue weighted by Gasteiger charge is 2.55. The molecule has 0 bridgehead atoms. The van der Waals surface area contributed by atoms with E-state index in [0.29, 0.717) is 24.1 Å². The third kappa shape index (κ3) is 2.85. The van der Waals surface area contributed by atoms with Crippen LogP contribution in [0.3, 0.4) is 0 Å². The number of benzene rings is 2. The molecule has 0 unspecified atom stereocenters. The fourth-order valence-electron chi connectivity index (χ4n) is 3.87. The molecule has 7 nitrogen and oxygen atoms in total. The summed E-state index contributed by atoms with van der Waals surface area (Å²) in [5, 5.41) is 5.44. The van der Waals surface area contributed by atoms with Crippen LogP contribution < -0.4 is 10.6 Å². The first-order chi connectivity index (χ1) is 13.4. The number of hydrogen-bond acceptors (Lipinski definition) is 4. The molecule has 4 rings (SSSR count). The number of urea groups is 1. The number of hydrogen-bond donors (Lipinski definition) is 2. The number of nitrogens with one attached hydrogen (secondary N) is 2. The van der Waals surface area contributed by atoms with E-state index >= 15 is 0 Å². The van der Waals surface area contributed by atoms with Crippen molar-refractivity contribution in [3.63, 3.8) is 0 Å². The minimum atomic E-state index is -1.07. The average Bonchev–Trinajstić information content (AvgIpc) is 3.16. The summed E-state index contributed by atoms with van der Waals surface area (Å²) >= 11 is 0. The van der Waals surface area contributed by atoms with Crippen LogP contribution in [0.15, 0.2) is 48.5 Å². The predicted molar refractivity (Wildman–Crippen MR) is 102 cm³/mol. The molecule has 1 heterocycles. The van der Waals surface area contributed by atoms with E-state index in [0.717, 1.165) is 16.0 Å². The van der Waals surface area contributed by atoms with E-state index < -0.39 is 23.4 Å². The monoisotopic (exact) mass is 377 g/mol. The number of anilines is 1. The number of Topliss-reactive ketones (excluding diaryl/α,β-unsaturated/α-hetero) is 1. The lowest BCUT2D eigenvalue weighted by molar-refractivity contribution is -0.134. The molecule has 2 N–H and O–H groups in total. The smallest absolute Gasteiger partial charge is 0.325 e. The highest BCUT2D eigenvalue weighted by molar-refractivity contribution is 6.11. The second kappa shape index (κ2) is 6.60. The summed E-state index contributed by atoms with van der Waals surface area (Å²) in [6.45, 7) is 1.09. The second-order valence-electron chi connectivity index (χ2n) is 7.07. The first kappa shape index (κ1) is 17.9. The second-order valence-corrected chi connectivity index (χ2v) is 7.07. The van der Waals surface area contributed by atoms with Crippen molar-refractivity contribution in [3.05, 3.63) is 65.2 Å². The number of nitrogens with zero attached hydrogens (tertiary/aromatic N) is 1. The Morgan fingerprint density at radius 3 is 2.54 bits per heavy atom. The van der Waals surface area contributed by atoms with Crippen LogP contribution >= 0.6 is 0 Å². The van der Waals surface area contributed by atoms with Crippen molar-refractivity contribution >= 4 is 29.3 Å². The molecule has 1 spiro atoms. The van der Waals surface area contributed by atoms with E-state index in [1.54, 1.807) is 24.3 Å². The SMILES string of the molecule is CC(=O)c1ccc(NC(=O)CN2C(=O)N[C@]3(CCc4ccccc43)C2=O)cc1. The van der Waals surface area contributed by atoms with Crippen LogP contribution in [0, 0.1) is 0 Å². The number of fused-ring (bicyclic) bond motifs is 2. The van der Waals surface area contributed by atoms with E-state index in [-0.39, 0.29) is 12.3 Å². The average molecular weight is 377 g/mol. The third-order valence-electron chi connectivity index (χ3n) is 5.30. The van der Waals surface area contributed by atoms with Gasteiger partial charge in [-0.2, -0.15) is 0 Å². The van der Waals surface area contributed by atoms with Crippen LogP contribution in [0.5, 0.6) is 0 Å². The summed E-state index contributed by atoms with van der Waals surface area (Å²) in [7, 11) is 0. The molecule has 0 aromatic heterocycles. The van der Waals surface area contributed by atoms with Gasteiger partial charge in [0.25, 0.3) is 5.91 Å². The Morgan fingerprint density at radius 1 is 1.11 bits per heavy atom. The van der Waals surface area contributed by atoms with Crippen molar-refractivity contribution in [1.82, 2.24) is 10.2 Å². The van der Waals surface area contributed by atoms with Gasteiger partial charge in [-0.05, 0) is 55.2 Å². The fraction of sp³-hybridized carbons (Fsp3) is 0.238. The summed E-state index contributed by atoms with van der Waals surface area (Å²) < 4.78 is 0. The number of carbonyl (C=O) groups excluding carboxylic acids is 4. The van der Waals surface area contributed by atoms with Gasteiger partial charge in [-0.15, -0.1) is 0 Å². The first-order valence-electron chi connectivity index (χ1n) is 9.04. The number of rotatable bonds is 4. The summed E-state index contributed by atoms with van der Waals surface area (Å²) in [6.07, 6.45) is 1.19. The van der Waals surface area contributed by atoms with Crippen molar-refractivity contribution < 1.29 is 19.2 Å². The highest BCUT2D eigenvalue weighted by Crippen LogP contribution is 2.41. The molecule has 0 radical (unpaired) electrons. The van der Waals surface area contributed by atoms with Gasteiger partial charge in [0, 0.05) is 11.3 Å². The maximum Gasteiger partial charge on any atom is 0.325 e. The minimum Gasteiger partial charge on any atom is -0.325 e. The highest BCUT2D eigenvalue weighted by atomic mass is 16.2. The Labute approximate surface area is 161 Å². The molecular formula is C21H19N3O4. The number of amides is 4. The molecular weight excluding hydrogens is 358 g/mol. The molecule has 1 fully saturated rings. The van der Waals surface area contributed by atoms with Crippen molar-refractivity contribution in [2.45, 2.75) is 25.3 Å². The summed E-state index contributed by atoms with van der Waals surface area (Å²) in [6, 6.07) is 13.4. The van der Waals surface area contributed by atoms with Crippen LogP contribution in [0.1, 0.15) is 34.8 Å². The van der Waals surface area contributed by atoms with Gasteiger partial charge < -0.3 is 10.6 Å². The van der Waals surface area contributed by atoms with Gasteiger partial charge >= 0.3 is 6.03 Å². The summed E-state index contributed by atoms with van der Waals surface area (Å²) in [4.78, 5) is 50.1. The molecule has 2 aromatic rings. The minimum absolute atomic E-state index is 0.0700. The lowest BCUT2D eigenvalue weighted by Crippen LogP contribution is -2.42. The zero-order valence-corrected chi connectivity index (χ0v) is 15.3. The Bertz CT molecular complexity index is 999. The van der Waals surface area contributed by atoms with Crippen molar-refractivity contribution in [3.8, 4) is 0 Å². The van der Waals surface area contributed by atoms with E-state index in [1.165, 1.54) is 6.92 Å². The van der Waals surface area contributed by atoms with Crippen LogP contribution in [-0.4, -0.2) is 35.1 Å². The fourth-order valence-corrected chi connectivity index (χ4v) is 3.87. The van der Waals surface area contributed by atoms with Crippen molar-refractivity contribution in [2.24, 2.45) is 0 Å². The number of aryl methyl sites for hydroxylation is 1. The summed E-state index contributed by atoms with van der Waals surface area (Å²) in [5.74, 6) is -0.953. The molecule has 2 aromatic carbocycles. The van der Waals surface area contributed by atoms with Gasteiger partial charge in [-0.3, -0.25) is 19.3 Å². The maximum absolute atomic E-state index is 13.0. The van der Waals surface area contributed by atoms with Gasteiger partial charge in [0.2, 0.25) is 5.91 Å². The molecule has 142 valence electrons. The molecule has 28 heavy (non-hydrogen) atoms. The third-order valence-corrected chi connectivity index (χ3v) is 5.30. The van der Waals surface area contributed by atoms with E-state index in [4.69, 9.17) is 0 Å². The predicted octanol–water partition coefficient (Wildman–Crippen LogP) is 2.22. The summed E-state index contributed by atoms with van der Waals surface area (Å²) in [5.41, 5.74) is 1.79. The quantitative estimate of drug-likeness (QED) is 0.631. The largest absolute Gasteiger partial charge is 0.325 e. The zero-order valence-electron chi connectivity index (χ0n) is 15.3. The number of imide groups is 1. The van der Waals surface area contributed by atoms with Crippen LogP contribution in [0.2, 0.25) is 0 Å².